The second-order valence-corrected chi connectivity index (χ2v) is 5.67. The maximum Gasteiger partial charge on any atom is 0.225 e. The summed E-state index contributed by atoms with van der Waals surface area (Å²) >= 11 is 3.46. The van der Waals surface area contributed by atoms with Gasteiger partial charge in [0.25, 0.3) is 0 Å². The number of aliphatic hydroxyl groups is 1. The van der Waals surface area contributed by atoms with Gasteiger partial charge in [-0.05, 0) is 42.8 Å². The van der Waals surface area contributed by atoms with Gasteiger partial charge in [-0.15, -0.1) is 0 Å². The van der Waals surface area contributed by atoms with E-state index in [0.717, 1.165) is 20.9 Å². The fraction of sp³-hybridized carbons (Fsp3) is 0.118. The summed E-state index contributed by atoms with van der Waals surface area (Å²) in [7, 11) is 0. The van der Waals surface area contributed by atoms with Crippen LogP contribution >= 0.6 is 15.9 Å². The molecule has 0 bridgehead atoms. The van der Waals surface area contributed by atoms with Crippen molar-refractivity contribution in [2.75, 3.05) is 0 Å². The predicted octanol–water partition coefficient (Wildman–Crippen LogP) is 4.59. The van der Waals surface area contributed by atoms with Crippen molar-refractivity contribution in [3.63, 3.8) is 0 Å². The summed E-state index contributed by atoms with van der Waals surface area (Å²) in [5, 5.41) is 10.5. The molecule has 0 fully saturated rings. The summed E-state index contributed by atoms with van der Waals surface area (Å²) in [6.45, 7) is 1.89. The van der Waals surface area contributed by atoms with E-state index in [4.69, 9.17) is 4.74 Å². The van der Waals surface area contributed by atoms with Crippen LogP contribution in [0.1, 0.15) is 11.1 Å². The van der Waals surface area contributed by atoms with Crippen LogP contribution in [0.5, 0.6) is 11.6 Å². The standard InChI is InChI=1S/C17H14BrNO2/c1-11-8-14(6-7-15(11)18)21-17-13(10-20)9-12-4-2-3-5-16(12)19-17/h2-9,20H,10H2,1H3. The first-order valence-corrected chi connectivity index (χ1v) is 7.40. The van der Waals surface area contributed by atoms with Crippen LogP contribution in [0.15, 0.2) is 53.0 Å². The van der Waals surface area contributed by atoms with Crippen LogP contribution in [0.2, 0.25) is 0 Å². The lowest BCUT2D eigenvalue weighted by atomic mass is 10.1. The second kappa shape index (κ2) is 5.84. The first-order chi connectivity index (χ1) is 10.2. The van der Waals surface area contributed by atoms with Crippen molar-refractivity contribution >= 4 is 26.8 Å². The minimum Gasteiger partial charge on any atom is -0.439 e. The highest BCUT2D eigenvalue weighted by Crippen LogP contribution is 2.29. The Bertz CT molecular complexity index is 802. The van der Waals surface area contributed by atoms with Gasteiger partial charge in [-0.2, -0.15) is 0 Å². The molecule has 0 aliphatic heterocycles. The Morgan fingerprint density at radius 3 is 2.71 bits per heavy atom. The molecule has 3 nitrogen and oxygen atoms in total. The summed E-state index contributed by atoms with van der Waals surface area (Å²) in [6, 6.07) is 15.4. The quantitative estimate of drug-likeness (QED) is 0.756. The van der Waals surface area contributed by atoms with Gasteiger partial charge in [0.05, 0.1) is 12.1 Å². The number of nitrogens with zero attached hydrogens (tertiary/aromatic N) is 1. The highest BCUT2D eigenvalue weighted by molar-refractivity contribution is 9.10. The number of hydrogen-bond donors (Lipinski definition) is 1. The maximum atomic E-state index is 9.53. The number of para-hydroxylation sites is 1. The predicted molar refractivity (Wildman–Crippen MR) is 86.6 cm³/mol. The van der Waals surface area contributed by atoms with Crippen LogP contribution in [0.4, 0.5) is 0 Å². The average Bonchev–Trinajstić information content (AvgIpc) is 2.50. The van der Waals surface area contributed by atoms with Gasteiger partial charge in [-0.3, -0.25) is 0 Å². The van der Waals surface area contributed by atoms with Gasteiger partial charge in [0.2, 0.25) is 5.88 Å². The topological polar surface area (TPSA) is 42.4 Å². The Kier molecular flexibility index (Phi) is 3.90. The number of aryl methyl sites for hydroxylation is 1. The van der Waals surface area contributed by atoms with Crippen molar-refractivity contribution < 1.29 is 9.84 Å². The van der Waals surface area contributed by atoms with Crippen molar-refractivity contribution in [3.8, 4) is 11.6 Å². The van der Waals surface area contributed by atoms with E-state index in [9.17, 15) is 5.11 Å². The molecule has 1 N–H and O–H groups in total. The third-order valence-electron chi connectivity index (χ3n) is 3.28. The monoisotopic (exact) mass is 343 g/mol. The molecule has 0 saturated carbocycles. The molecule has 3 aromatic rings. The molecule has 0 aliphatic carbocycles. The summed E-state index contributed by atoms with van der Waals surface area (Å²) in [6.07, 6.45) is 0. The molecular weight excluding hydrogens is 330 g/mol. The van der Waals surface area contributed by atoms with Crippen LogP contribution < -0.4 is 4.74 Å². The molecule has 0 amide bonds. The number of aliphatic hydroxyl groups excluding tert-OH is 1. The lowest BCUT2D eigenvalue weighted by molar-refractivity contribution is 0.275. The number of hydrogen-bond acceptors (Lipinski definition) is 3. The minimum atomic E-state index is -0.108. The molecule has 0 unspecified atom stereocenters. The third kappa shape index (κ3) is 2.91. The number of rotatable bonds is 3. The first kappa shape index (κ1) is 14.0. The molecule has 2 aromatic carbocycles. The lowest BCUT2D eigenvalue weighted by Crippen LogP contribution is -1.96. The highest BCUT2D eigenvalue weighted by Gasteiger charge is 2.09. The highest BCUT2D eigenvalue weighted by atomic mass is 79.9. The van der Waals surface area contributed by atoms with Crippen LogP contribution in [0.3, 0.4) is 0 Å². The zero-order valence-electron chi connectivity index (χ0n) is 11.5. The van der Waals surface area contributed by atoms with E-state index in [1.165, 1.54) is 0 Å². The average molecular weight is 344 g/mol. The Morgan fingerprint density at radius 2 is 1.95 bits per heavy atom. The Morgan fingerprint density at radius 1 is 1.14 bits per heavy atom. The van der Waals surface area contributed by atoms with Gasteiger partial charge in [0.1, 0.15) is 5.75 Å². The van der Waals surface area contributed by atoms with E-state index < -0.39 is 0 Å². The molecule has 1 aromatic heterocycles. The molecule has 4 heteroatoms. The molecule has 0 atom stereocenters. The molecule has 106 valence electrons. The summed E-state index contributed by atoms with van der Waals surface area (Å²) < 4.78 is 6.88. The molecule has 0 aliphatic rings. The van der Waals surface area contributed by atoms with Gasteiger partial charge < -0.3 is 9.84 Å². The molecule has 21 heavy (non-hydrogen) atoms. The lowest BCUT2D eigenvalue weighted by Gasteiger charge is -2.11. The van der Waals surface area contributed by atoms with E-state index in [1.54, 1.807) is 0 Å². The number of halogens is 1. The number of fused-ring (bicyclic) bond motifs is 1. The Hall–Kier alpha value is -1.91. The van der Waals surface area contributed by atoms with E-state index in [0.29, 0.717) is 17.2 Å². The zero-order chi connectivity index (χ0) is 14.8. The first-order valence-electron chi connectivity index (χ1n) is 6.61. The maximum absolute atomic E-state index is 9.53. The second-order valence-electron chi connectivity index (χ2n) is 4.82. The van der Waals surface area contributed by atoms with Crippen LogP contribution in [-0.2, 0) is 6.61 Å². The van der Waals surface area contributed by atoms with Gasteiger partial charge in [-0.25, -0.2) is 4.98 Å². The van der Waals surface area contributed by atoms with Gasteiger partial charge in [0, 0.05) is 15.4 Å². The SMILES string of the molecule is Cc1cc(Oc2nc3ccccc3cc2CO)ccc1Br. The van der Waals surface area contributed by atoms with Crippen molar-refractivity contribution in [1.29, 1.82) is 0 Å². The molecule has 0 spiro atoms. The number of benzene rings is 2. The van der Waals surface area contributed by atoms with Crippen molar-refractivity contribution in [3.05, 3.63) is 64.1 Å². The molecule has 0 saturated heterocycles. The molecule has 3 rings (SSSR count). The van der Waals surface area contributed by atoms with Crippen molar-refractivity contribution in [2.45, 2.75) is 13.5 Å². The van der Waals surface area contributed by atoms with Crippen molar-refractivity contribution in [2.24, 2.45) is 0 Å². The smallest absolute Gasteiger partial charge is 0.225 e. The van der Waals surface area contributed by atoms with E-state index in [2.05, 4.69) is 20.9 Å². The van der Waals surface area contributed by atoms with E-state index in [-0.39, 0.29) is 6.61 Å². The van der Waals surface area contributed by atoms with Crippen LogP contribution in [0, 0.1) is 6.92 Å². The van der Waals surface area contributed by atoms with Gasteiger partial charge in [-0.1, -0.05) is 34.1 Å². The third-order valence-corrected chi connectivity index (χ3v) is 4.17. The largest absolute Gasteiger partial charge is 0.439 e. The van der Waals surface area contributed by atoms with Crippen LogP contribution in [-0.4, -0.2) is 10.1 Å². The zero-order valence-corrected chi connectivity index (χ0v) is 13.1. The Balaban J connectivity index is 2.04. The molecule has 0 radical (unpaired) electrons. The van der Waals surface area contributed by atoms with E-state index >= 15 is 0 Å². The normalized spacial score (nSPS) is 10.8. The van der Waals surface area contributed by atoms with Crippen molar-refractivity contribution in [1.82, 2.24) is 4.98 Å². The Labute approximate surface area is 131 Å². The number of ether oxygens (including phenoxy) is 1. The summed E-state index contributed by atoms with van der Waals surface area (Å²) in [5.74, 6) is 1.14. The summed E-state index contributed by atoms with van der Waals surface area (Å²) in [5.41, 5.74) is 2.60. The van der Waals surface area contributed by atoms with E-state index in [1.807, 2.05) is 55.5 Å². The number of pyridine rings is 1. The fourth-order valence-electron chi connectivity index (χ4n) is 2.14. The molecular formula is C17H14BrNO2. The van der Waals surface area contributed by atoms with Gasteiger partial charge >= 0.3 is 0 Å². The fourth-order valence-corrected chi connectivity index (χ4v) is 2.38. The van der Waals surface area contributed by atoms with Gasteiger partial charge in [0.15, 0.2) is 0 Å². The number of aromatic nitrogens is 1. The minimum absolute atomic E-state index is 0.108. The molecule has 1 heterocycles. The van der Waals surface area contributed by atoms with Crippen LogP contribution in [0.25, 0.3) is 10.9 Å². The summed E-state index contributed by atoms with van der Waals surface area (Å²) in [4.78, 5) is 4.50.